The fourth-order valence-electron chi connectivity index (χ4n) is 1.82. The number of nitrogens with zero attached hydrogens (tertiary/aromatic N) is 2. The first-order valence-electron chi connectivity index (χ1n) is 5.30. The second-order valence-corrected chi connectivity index (χ2v) is 3.90. The predicted octanol–water partition coefficient (Wildman–Crippen LogP) is -0.130. The zero-order chi connectivity index (χ0) is 10.8. The zero-order valence-corrected chi connectivity index (χ0v) is 8.86. The summed E-state index contributed by atoms with van der Waals surface area (Å²) in [5.41, 5.74) is 5.73. The Morgan fingerprint density at radius 1 is 1.73 bits per heavy atom. The van der Waals surface area contributed by atoms with E-state index in [1.165, 1.54) is 6.07 Å². The zero-order valence-electron chi connectivity index (χ0n) is 8.86. The van der Waals surface area contributed by atoms with Crippen LogP contribution in [0.2, 0.25) is 0 Å². The molecule has 1 aliphatic rings. The van der Waals surface area contributed by atoms with Gasteiger partial charge in [0.1, 0.15) is 11.6 Å². The van der Waals surface area contributed by atoms with Crippen molar-refractivity contribution in [3.63, 3.8) is 0 Å². The summed E-state index contributed by atoms with van der Waals surface area (Å²) >= 11 is 0. The Kier molecular flexibility index (Phi) is 2.73. The normalized spacial score (nSPS) is 20.9. The summed E-state index contributed by atoms with van der Waals surface area (Å²) in [5, 5.41) is 0. The standard InChI is InChI=1S/C10H16N4O/c1-2-8-12-9(5-10(15)13-8)14-4-3-7(11)6-14/h5,7H,2-4,6,11H2,1H3,(H,12,13,15). The van der Waals surface area contributed by atoms with Gasteiger partial charge in [-0.3, -0.25) is 4.79 Å². The molecule has 5 heteroatoms. The van der Waals surface area contributed by atoms with E-state index in [-0.39, 0.29) is 11.6 Å². The van der Waals surface area contributed by atoms with Gasteiger partial charge in [0, 0.05) is 31.6 Å². The fraction of sp³-hybridized carbons (Fsp3) is 0.600. The Hall–Kier alpha value is -1.36. The first kappa shape index (κ1) is 10.2. The molecule has 5 nitrogen and oxygen atoms in total. The SMILES string of the molecule is CCc1nc(N2CCC(N)C2)cc(=O)[nH]1. The van der Waals surface area contributed by atoms with Crippen LogP contribution >= 0.6 is 0 Å². The predicted molar refractivity (Wildman–Crippen MR) is 59.0 cm³/mol. The molecule has 0 aliphatic carbocycles. The van der Waals surface area contributed by atoms with Crippen molar-refractivity contribution in [2.24, 2.45) is 5.73 Å². The molecule has 15 heavy (non-hydrogen) atoms. The molecule has 0 bridgehead atoms. The molecular formula is C10H16N4O. The van der Waals surface area contributed by atoms with Crippen molar-refractivity contribution >= 4 is 5.82 Å². The fourth-order valence-corrected chi connectivity index (χ4v) is 1.82. The highest BCUT2D eigenvalue weighted by Gasteiger charge is 2.20. The number of nitrogens with one attached hydrogen (secondary N) is 1. The minimum atomic E-state index is -0.0858. The molecule has 0 amide bonds. The van der Waals surface area contributed by atoms with Crippen LogP contribution in [0, 0.1) is 0 Å². The molecule has 82 valence electrons. The third-order valence-electron chi connectivity index (χ3n) is 2.66. The summed E-state index contributed by atoms with van der Waals surface area (Å²) in [7, 11) is 0. The summed E-state index contributed by atoms with van der Waals surface area (Å²) in [4.78, 5) is 20.5. The van der Waals surface area contributed by atoms with E-state index < -0.39 is 0 Å². The number of H-pyrrole nitrogens is 1. The Morgan fingerprint density at radius 3 is 3.13 bits per heavy atom. The van der Waals surface area contributed by atoms with Gasteiger partial charge in [0.25, 0.3) is 5.56 Å². The van der Waals surface area contributed by atoms with Crippen molar-refractivity contribution in [1.29, 1.82) is 0 Å². The summed E-state index contributed by atoms with van der Waals surface area (Å²) in [6, 6.07) is 1.74. The number of nitrogens with two attached hydrogens (primary N) is 1. The number of anilines is 1. The van der Waals surface area contributed by atoms with Crippen molar-refractivity contribution in [3.05, 3.63) is 22.2 Å². The molecule has 1 saturated heterocycles. The molecule has 0 saturated carbocycles. The average Bonchev–Trinajstić information content (AvgIpc) is 2.64. The van der Waals surface area contributed by atoms with Gasteiger partial charge in [0.2, 0.25) is 0 Å². The van der Waals surface area contributed by atoms with E-state index in [0.717, 1.165) is 37.6 Å². The Bertz CT molecular complexity index is 401. The highest BCUT2D eigenvalue weighted by molar-refractivity contribution is 5.39. The van der Waals surface area contributed by atoms with Crippen LogP contribution in [-0.4, -0.2) is 29.1 Å². The van der Waals surface area contributed by atoms with Gasteiger partial charge >= 0.3 is 0 Å². The molecule has 2 heterocycles. The minimum absolute atomic E-state index is 0.0858. The van der Waals surface area contributed by atoms with Crippen molar-refractivity contribution in [1.82, 2.24) is 9.97 Å². The van der Waals surface area contributed by atoms with Crippen molar-refractivity contribution in [3.8, 4) is 0 Å². The molecule has 3 N–H and O–H groups in total. The third kappa shape index (κ3) is 2.18. The molecule has 1 unspecified atom stereocenters. The summed E-state index contributed by atoms with van der Waals surface area (Å²) in [6.07, 6.45) is 1.71. The molecule has 1 atom stereocenters. The average molecular weight is 208 g/mol. The maximum atomic E-state index is 11.4. The van der Waals surface area contributed by atoms with Crippen LogP contribution < -0.4 is 16.2 Å². The molecule has 1 fully saturated rings. The molecule has 0 spiro atoms. The molecule has 0 radical (unpaired) electrons. The Balaban J connectivity index is 2.28. The molecule has 1 aliphatic heterocycles. The summed E-state index contributed by atoms with van der Waals surface area (Å²) in [5.74, 6) is 1.49. The first-order chi connectivity index (χ1) is 7.19. The van der Waals surface area contributed by atoms with E-state index in [4.69, 9.17) is 5.73 Å². The maximum Gasteiger partial charge on any atom is 0.252 e. The lowest BCUT2D eigenvalue weighted by molar-refractivity contribution is 0.750. The number of aromatic nitrogens is 2. The minimum Gasteiger partial charge on any atom is -0.355 e. The van der Waals surface area contributed by atoms with Gasteiger partial charge in [-0.2, -0.15) is 0 Å². The van der Waals surface area contributed by atoms with Crippen molar-refractivity contribution in [2.75, 3.05) is 18.0 Å². The van der Waals surface area contributed by atoms with Crippen molar-refractivity contribution < 1.29 is 0 Å². The third-order valence-corrected chi connectivity index (χ3v) is 2.66. The number of aromatic amines is 1. The lowest BCUT2D eigenvalue weighted by atomic mass is 10.3. The summed E-state index contributed by atoms with van der Waals surface area (Å²) < 4.78 is 0. The lowest BCUT2D eigenvalue weighted by Gasteiger charge is -2.16. The second kappa shape index (κ2) is 4.02. The van der Waals surface area contributed by atoms with Gasteiger partial charge < -0.3 is 15.6 Å². The highest BCUT2D eigenvalue weighted by atomic mass is 16.1. The monoisotopic (exact) mass is 208 g/mol. The lowest BCUT2D eigenvalue weighted by Crippen LogP contribution is -2.28. The van der Waals surface area contributed by atoms with Crippen molar-refractivity contribution in [2.45, 2.75) is 25.8 Å². The second-order valence-electron chi connectivity index (χ2n) is 3.90. The van der Waals surface area contributed by atoms with Gasteiger partial charge in [-0.25, -0.2) is 4.98 Å². The van der Waals surface area contributed by atoms with Gasteiger partial charge in [-0.05, 0) is 6.42 Å². The van der Waals surface area contributed by atoms with E-state index in [9.17, 15) is 4.79 Å². The van der Waals surface area contributed by atoms with Crippen LogP contribution in [0.5, 0.6) is 0 Å². The first-order valence-corrected chi connectivity index (χ1v) is 5.30. The van der Waals surface area contributed by atoms with E-state index in [1.54, 1.807) is 0 Å². The Morgan fingerprint density at radius 2 is 2.53 bits per heavy atom. The van der Waals surface area contributed by atoms with Crippen LogP contribution in [0.15, 0.2) is 10.9 Å². The van der Waals surface area contributed by atoms with Crippen LogP contribution in [0.25, 0.3) is 0 Å². The summed E-state index contributed by atoms with van der Waals surface area (Å²) in [6.45, 7) is 3.65. The smallest absolute Gasteiger partial charge is 0.252 e. The van der Waals surface area contributed by atoms with Gasteiger partial charge in [-0.15, -0.1) is 0 Å². The van der Waals surface area contributed by atoms with Crippen LogP contribution in [0.3, 0.4) is 0 Å². The van der Waals surface area contributed by atoms with E-state index >= 15 is 0 Å². The van der Waals surface area contributed by atoms with Gasteiger partial charge in [0.15, 0.2) is 0 Å². The molecule has 0 aromatic carbocycles. The van der Waals surface area contributed by atoms with E-state index in [2.05, 4.69) is 14.9 Å². The highest BCUT2D eigenvalue weighted by Crippen LogP contribution is 2.15. The quantitative estimate of drug-likeness (QED) is 0.710. The maximum absolute atomic E-state index is 11.4. The van der Waals surface area contributed by atoms with Crippen LogP contribution in [0.4, 0.5) is 5.82 Å². The molecule has 1 aromatic rings. The molecule has 1 aromatic heterocycles. The number of hydrogen-bond donors (Lipinski definition) is 2. The molecular weight excluding hydrogens is 192 g/mol. The van der Waals surface area contributed by atoms with Gasteiger partial charge in [0.05, 0.1) is 0 Å². The number of aryl methyl sites for hydroxylation is 1. The van der Waals surface area contributed by atoms with Crippen LogP contribution in [0.1, 0.15) is 19.2 Å². The largest absolute Gasteiger partial charge is 0.355 e. The number of rotatable bonds is 2. The number of hydrogen-bond acceptors (Lipinski definition) is 4. The van der Waals surface area contributed by atoms with E-state index in [1.807, 2.05) is 6.92 Å². The van der Waals surface area contributed by atoms with Gasteiger partial charge in [-0.1, -0.05) is 6.92 Å². The van der Waals surface area contributed by atoms with E-state index in [0.29, 0.717) is 0 Å². The van der Waals surface area contributed by atoms with Crippen LogP contribution in [-0.2, 0) is 6.42 Å². The molecule has 2 rings (SSSR count). The topological polar surface area (TPSA) is 75.0 Å². The Labute approximate surface area is 88.3 Å².